The Morgan fingerprint density at radius 2 is 1.81 bits per heavy atom. The van der Waals surface area contributed by atoms with Crippen LogP contribution in [0.1, 0.15) is 38.2 Å². The van der Waals surface area contributed by atoms with Gasteiger partial charge in [0.25, 0.3) is 5.91 Å². The van der Waals surface area contributed by atoms with Gasteiger partial charge >= 0.3 is 0 Å². The number of hydrogen-bond acceptors (Lipinski definition) is 2. The van der Waals surface area contributed by atoms with Crippen molar-refractivity contribution in [2.75, 3.05) is 6.54 Å². The lowest BCUT2D eigenvalue weighted by Gasteiger charge is -2.34. The van der Waals surface area contributed by atoms with E-state index >= 15 is 0 Å². The maximum absolute atomic E-state index is 13.7. The molecule has 0 radical (unpaired) electrons. The summed E-state index contributed by atoms with van der Waals surface area (Å²) >= 11 is 0. The first-order valence-electron chi connectivity index (χ1n) is 11.0. The quantitative estimate of drug-likeness (QED) is 0.750. The molecule has 2 aromatic carbocycles. The van der Waals surface area contributed by atoms with Gasteiger partial charge in [0.1, 0.15) is 5.82 Å². The van der Waals surface area contributed by atoms with Gasteiger partial charge in [-0.2, -0.15) is 0 Å². The molecule has 4 rings (SSSR count). The van der Waals surface area contributed by atoms with E-state index in [9.17, 15) is 18.4 Å². The summed E-state index contributed by atoms with van der Waals surface area (Å²) in [5.74, 6) is -0.723. The third-order valence-electron chi connectivity index (χ3n) is 6.50. The number of nitrogens with one attached hydrogen (secondary N) is 1. The number of rotatable bonds is 6. The maximum Gasteiger partial charge on any atom is 0.254 e. The van der Waals surface area contributed by atoms with Gasteiger partial charge < -0.3 is 10.2 Å². The van der Waals surface area contributed by atoms with Crippen molar-refractivity contribution in [3.8, 4) is 11.1 Å². The molecule has 0 aromatic heterocycles. The molecule has 1 heterocycles. The standard InChI is InChI=1S/C25H28F2N2O2/c1-16(26)24(30)28-22-11-12-29(25(31)18-6-3-7-18)23(22)14-17-5-2-8-19(13-17)20-9-4-10-21(27)15-20/h2,4-5,8-10,13,15-16,18,22-23H,3,6-7,11-12,14H2,1H3,(H,28,30). The SMILES string of the molecule is CC(F)C(=O)NC1CCN(C(=O)C2CCC2)C1Cc1cccc(-c2cccc(F)c2)c1. The van der Waals surface area contributed by atoms with Crippen molar-refractivity contribution in [2.45, 2.75) is 57.3 Å². The van der Waals surface area contributed by atoms with Crippen LogP contribution in [-0.4, -0.2) is 41.5 Å². The molecule has 1 saturated heterocycles. The summed E-state index contributed by atoms with van der Waals surface area (Å²) in [5.41, 5.74) is 2.67. The third kappa shape index (κ3) is 4.78. The monoisotopic (exact) mass is 426 g/mol. The Morgan fingerprint density at radius 1 is 1.10 bits per heavy atom. The lowest BCUT2D eigenvalue weighted by Crippen LogP contribution is -2.51. The van der Waals surface area contributed by atoms with Crippen molar-refractivity contribution in [3.05, 3.63) is 59.9 Å². The average Bonchev–Trinajstić information content (AvgIpc) is 3.09. The molecule has 3 unspecified atom stereocenters. The number of amides is 2. The van der Waals surface area contributed by atoms with Gasteiger partial charge in [-0.15, -0.1) is 0 Å². The second-order valence-electron chi connectivity index (χ2n) is 8.66. The summed E-state index contributed by atoms with van der Waals surface area (Å²) in [6, 6.07) is 13.7. The van der Waals surface area contributed by atoms with Gasteiger partial charge in [0.2, 0.25) is 5.91 Å². The molecule has 4 nitrogen and oxygen atoms in total. The number of alkyl halides is 1. The minimum atomic E-state index is -1.59. The Morgan fingerprint density at radius 3 is 2.45 bits per heavy atom. The molecule has 0 spiro atoms. The zero-order chi connectivity index (χ0) is 22.0. The maximum atomic E-state index is 13.7. The predicted molar refractivity (Wildman–Crippen MR) is 115 cm³/mol. The highest BCUT2D eigenvalue weighted by atomic mass is 19.1. The zero-order valence-electron chi connectivity index (χ0n) is 17.7. The Bertz CT molecular complexity index is 958. The summed E-state index contributed by atoms with van der Waals surface area (Å²) in [7, 11) is 0. The number of likely N-dealkylation sites (tertiary alicyclic amines) is 1. The first-order chi connectivity index (χ1) is 14.9. The normalized spacial score (nSPS) is 22.1. The lowest BCUT2D eigenvalue weighted by atomic mass is 9.84. The Balaban J connectivity index is 1.57. The van der Waals surface area contributed by atoms with Crippen molar-refractivity contribution in [1.29, 1.82) is 0 Å². The van der Waals surface area contributed by atoms with Crippen LogP contribution in [0.3, 0.4) is 0 Å². The summed E-state index contributed by atoms with van der Waals surface area (Å²) in [6.45, 7) is 1.79. The molecule has 31 heavy (non-hydrogen) atoms. The Hall–Kier alpha value is -2.76. The van der Waals surface area contributed by atoms with Crippen LogP contribution in [0, 0.1) is 11.7 Å². The van der Waals surface area contributed by atoms with Crippen molar-refractivity contribution in [3.63, 3.8) is 0 Å². The summed E-state index contributed by atoms with van der Waals surface area (Å²) in [4.78, 5) is 26.9. The summed E-state index contributed by atoms with van der Waals surface area (Å²) < 4.78 is 27.2. The van der Waals surface area contributed by atoms with Gasteiger partial charge in [-0.25, -0.2) is 8.78 Å². The fraction of sp³-hybridized carbons (Fsp3) is 0.440. The molecule has 1 saturated carbocycles. The molecular formula is C25H28F2N2O2. The second-order valence-corrected chi connectivity index (χ2v) is 8.66. The minimum absolute atomic E-state index is 0.0654. The molecule has 1 aliphatic heterocycles. The topological polar surface area (TPSA) is 49.4 Å². The molecule has 2 fully saturated rings. The molecule has 2 aromatic rings. The molecule has 2 aliphatic rings. The van der Waals surface area contributed by atoms with Crippen LogP contribution >= 0.6 is 0 Å². The zero-order valence-corrected chi connectivity index (χ0v) is 17.7. The number of carbonyl (C=O) groups is 2. The van der Waals surface area contributed by atoms with E-state index in [0.717, 1.165) is 36.0 Å². The van der Waals surface area contributed by atoms with E-state index < -0.39 is 12.1 Å². The number of carbonyl (C=O) groups excluding carboxylic acids is 2. The van der Waals surface area contributed by atoms with Crippen molar-refractivity contribution in [1.82, 2.24) is 10.2 Å². The highest BCUT2D eigenvalue weighted by Crippen LogP contribution is 2.33. The number of nitrogens with zero attached hydrogens (tertiary/aromatic N) is 1. The van der Waals surface area contributed by atoms with Crippen LogP contribution in [0.2, 0.25) is 0 Å². The van der Waals surface area contributed by atoms with Crippen molar-refractivity contribution >= 4 is 11.8 Å². The molecule has 6 heteroatoms. The Labute approximate surface area is 181 Å². The van der Waals surface area contributed by atoms with Crippen molar-refractivity contribution < 1.29 is 18.4 Å². The fourth-order valence-corrected chi connectivity index (χ4v) is 4.52. The van der Waals surface area contributed by atoms with E-state index in [4.69, 9.17) is 0 Å². The van der Waals surface area contributed by atoms with Crippen LogP contribution in [0.15, 0.2) is 48.5 Å². The van der Waals surface area contributed by atoms with Crippen LogP contribution in [0.4, 0.5) is 8.78 Å². The highest BCUT2D eigenvalue weighted by Gasteiger charge is 2.41. The average molecular weight is 427 g/mol. The third-order valence-corrected chi connectivity index (χ3v) is 6.50. The fourth-order valence-electron chi connectivity index (χ4n) is 4.52. The van der Waals surface area contributed by atoms with Crippen LogP contribution in [-0.2, 0) is 16.0 Å². The first kappa shape index (κ1) is 21.5. The summed E-state index contributed by atoms with van der Waals surface area (Å²) in [6.07, 6.45) is 2.47. The molecule has 0 bridgehead atoms. The van der Waals surface area contributed by atoms with Gasteiger partial charge in [0.15, 0.2) is 6.17 Å². The molecule has 2 amide bonds. The number of halogens is 2. The van der Waals surface area contributed by atoms with Gasteiger partial charge in [0.05, 0.1) is 12.1 Å². The van der Waals surface area contributed by atoms with Gasteiger partial charge in [0, 0.05) is 12.5 Å². The second kappa shape index (κ2) is 9.16. The number of benzene rings is 2. The first-order valence-corrected chi connectivity index (χ1v) is 11.0. The summed E-state index contributed by atoms with van der Waals surface area (Å²) in [5, 5.41) is 2.80. The van der Waals surface area contributed by atoms with Crippen LogP contribution < -0.4 is 5.32 Å². The van der Waals surface area contributed by atoms with E-state index in [0.29, 0.717) is 19.4 Å². The van der Waals surface area contributed by atoms with Gasteiger partial charge in [-0.3, -0.25) is 9.59 Å². The number of hydrogen-bond donors (Lipinski definition) is 1. The van der Waals surface area contributed by atoms with E-state index in [1.54, 1.807) is 6.07 Å². The van der Waals surface area contributed by atoms with E-state index in [1.165, 1.54) is 19.1 Å². The largest absolute Gasteiger partial charge is 0.349 e. The van der Waals surface area contributed by atoms with E-state index in [2.05, 4.69) is 5.32 Å². The van der Waals surface area contributed by atoms with Crippen LogP contribution in [0.25, 0.3) is 11.1 Å². The smallest absolute Gasteiger partial charge is 0.254 e. The Kier molecular flexibility index (Phi) is 6.35. The van der Waals surface area contributed by atoms with Crippen LogP contribution in [0.5, 0.6) is 0 Å². The van der Waals surface area contributed by atoms with Crippen molar-refractivity contribution in [2.24, 2.45) is 5.92 Å². The van der Waals surface area contributed by atoms with E-state index in [-0.39, 0.29) is 29.7 Å². The predicted octanol–water partition coefficient (Wildman–Crippen LogP) is 4.28. The minimum Gasteiger partial charge on any atom is -0.349 e. The van der Waals surface area contributed by atoms with E-state index in [1.807, 2.05) is 35.2 Å². The molecule has 1 aliphatic carbocycles. The van der Waals surface area contributed by atoms with Gasteiger partial charge in [-0.05, 0) is 61.4 Å². The molecule has 164 valence electrons. The van der Waals surface area contributed by atoms with Gasteiger partial charge in [-0.1, -0.05) is 42.8 Å². The molecular weight excluding hydrogens is 398 g/mol. The molecule has 1 N–H and O–H groups in total. The lowest BCUT2D eigenvalue weighted by molar-refractivity contribution is -0.139. The highest BCUT2D eigenvalue weighted by molar-refractivity contribution is 5.82. The molecule has 3 atom stereocenters.